The van der Waals surface area contributed by atoms with Crippen LogP contribution in [0.1, 0.15) is 5.56 Å². The van der Waals surface area contributed by atoms with Gasteiger partial charge in [-0.2, -0.15) is 0 Å². The third-order valence-corrected chi connectivity index (χ3v) is 6.01. The van der Waals surface area contributed by atoms with Crippen LogP contribution in [0.4, 0.5) is 4.39 Å². The van der Waals surface area contributed by atoms with Crippen molar-refractivity contribution in [2.75, 3.05) is 0 Å². The SMILES string of the molecule is O=S(=O)(NCc1ccnc(-c2cccnc2)c1)c1ccc(-c2ccc(F)cc2)cc1. The van der Waals surface area contributed by atoms with Gasteiger partial charge in [0.1, 0.15) is 5.82 Å². The minimum absolute atomic E-state index is 0.137. The van der Waals surface area contributed by atoms with Crippen LogP contribution < -0.4 is 4.72 Å². The van der Waals surface area contributed by atoms with Crippen molar-refractivity contribution in [2.24, 2.45) is 0 Å². The first-order chi connectivity index (χ1) is 14.5. The average Bonchev–Trinajstić information content (AvgIpc) is 2.79. The van der Waals surface area contributed by atoms with Gasteiger partial charge in [-0.05, 0) is 65.2 Å². The molecule has 4 rings (SSSR count). The van der Waals surface area contributed by atoms with Crippen LogP contribution in [-0.4, -0.2) is 18.4 Å². The smallest absolute Gasteiger partial charge is 0.240 e. The number of benzene rings is 2. The maximum absolute atomic E-state index is 13.1. The third kappa shape index (κ3) is 4.59. The minimum Gasteiger partial charge on any atom is -0.264 e. The number of nitrogens with one attached hydrogen (secondary N) is 1. The molecule has 0 bridgehead atoms. The quantitative estimate of drug-likeness (QED) is 0.502. The lowest BCUT2D eigenvalue weighted by Crippen LogP contribution is -2.23. The van der Waals surface area contributed by atoms with Crippen molar-refractivity contribution in [1.82, 2.24) is 14.7 Å². The fraction of sp³-hybridized carbons (Fsp3) is 0.0435. The Balaban J connectivity index is 1.48. The van der Waals surface area contributed by atoms with Crippen LogP contribution in [0.25, 0.3) is 22.4 Å². The first-order valence-electron chi connectivity index (χ1n) is 9.22. The summed E-state index contributed by atoms with van der Waals surface area (Å²) in [5.74, 6) is -0.315. The van der Waals surface area contributed by atoms with Crippen LogP contribution in [0.5, 0.6) is 0 Å². The van der Waals surface area contributed by atoms with Crippen LogP contribution in [0, 0.1) is 5.82 Å². The van der Waals surface area contributed by atoms with Crippen molar-refractivity contribution >= 4 is 10.0 Å². The van der Waals surface area contributed by atoms with E-state index < -0.39 is 10.0 Å². The topological polar surface area (TPSA) is 72.0 Å². The Hall–Kier alpha value is -3.42. The second-order valence-electron chi connectivity index (χ2n) is 6.65. The zero-order chi connectivity index (χ0) is 21.0. The third-order valence-electron chi connectivity index (χ3n) is 4.59. The summed E-state index contributed by atoms with van der Waals surface area (Å²) in [4.78, 5) is 8.56. The van der Waals surface area contributed by atoms with Crippen LogP contribution in [0.15, 0.2) is 96.3 Å². The van der Waals surface area contributed by atoms with Crippen LogP contribution in [-0.2, 0) is 16.6 Å². The number of halogens is 1. The molecule has 150 valence electrons. The van der Waals surface area contributed by atoms with Crippen molar-refractivity contribution in [3.63, 3.8) is 0 Å². The summed E-state index contributed by atoms with van der Waals surface area (Å²) >= 11 is 0. The van der Waals surface area contributed by atoms with Gasteiger partial charge in [-0.25, -0.2) is 17.5 Å². The van der Waals surface area contributed by atoms with Gasteiger partial charge in [0.2, 0.25) is 10.0 Å². The van der Waals surface area contributed by atoms with Gasteiger partial charge in [-0.15, -0.1) is 0 Å². The highest BCUT2D eigenvalue weighted by molar-refractivity contribution is 7.89. The standard InChI is InChI=1S/C23H18FN3O2S/c24-21-7-3-18(4-8-21)19-5-9-22(10-6-19)30(28,29)27-15-17-11-13-26-23(14-17)20-2-1-12-25-16-20/h1-14,16,27H,15H2. The Bertz CT molecular complexity index is 1240. The van der Waals surface area contributed by atoms with E-state index in [0.717, 1.165) is 27.9 Å². The van der Waals surface area contributed by atoms with Crippen molar-refractivity contribution in [1.29, 1.82) is 0 Å². The van der Waals surface area contributed by atoms with Crippen LogP contribution in [0.3, 0.4) is 0 Å². The molecule has 1 N–H and O–H groups in total. The molecular formula is C23H18FN3O2S. The molecule has 7 heteroatoms. The zero-order valence-corrected chi connectivity index (χ0v) is 16.7. The van der Waals surface area contributed by atoms with Crippen LogP contribution in [0.2, 0.25) is 0 Å². The lowest BCUT2D eigenvalue weighted by atomic mass is 10.1. The molecule has 5 nitrogen and oxygen atoms in total. The first-order valence-corrected chi connectivity index (χ1v) is 10.7. The van der Waals surface area contributed by atoms with Gasteiger partial charge in [0.15, 0.2) is 0 Å². The highest BCUT2D eigenvalue weighted by Crippen LogP contribution is 2.22. The van der Waals surface area contributed by atoms with Crippen molar-refractivity contribution in [2.45, 2.75) is 11.4 Å². The van der Waals surface area contributed by atoms with E-state index in [1.165, 1.54) is 24.3 Å². The summed E-state index contributed by atoms with van der Waals surface area (Å²) in [6.07, 6.45) is 5.03. The number of hydrogen-bond acceptors (Lipinski definition) is 4. The van der Waals surface area contributed by atoms with E-state index in [-0.39, 0.29) is 17.3 Å². The molecule has 0 aliphatic rings. The number of hydrogen-bond donors (Lipinski definition) is 1. The van der Waals surface area contributed by atoms with Crippen molar-refractivity contribution in [3.05, 3.63) is 103 Å². The maximum Gasteiger partial charge on any atom is 0.240 e. The molecule has 2 aromatic carbocycles. The Morgan fingerprint density at radius 1 is 0.833 bits per heavy atom. The summed E-state index contributed by atoms with van der Waals surface area (Å²) < 4.78 is 41.0. The van der Waals surface area contributed by atoms with Crippen molar-refractivity contribution < 1.29 is 12.8 Å². The van der Waals surface area contributed by atoms with Gasteiger partial charge in [-0.3, -0.25) is 9.97 Å². The normalized spacial score (nSPS) is 11.4. The lowest BCUT2D eigenvalue weighted by molar-refractivity contribution is 0.581. The van der Waals surface area contributed by atoms with Gasteiger partial charge < -0.3 is 0 Å². The molecule has 0 atom stereocenters. The Morgan fingerprint density at radius 3 is 2.20 bits per heavy atom. The molecule has 2 aromatic heterocycles. The molecule has 0 unspecified atom stereocenters. The van der Waals surface area contributed by atoms with Gasteiger partial charge in [0, 0.05) is 30.7 Å². The van der Waals surface area contributed by atoms with E-state index in [2.05, 4.69) is 14.7 Å². The summed E-state index contributed by atoms with van der Waals surface area (Å²) in [7, 11) is -3.68. The first kappa shape index (κ1) is 19.9. The summed E-state index contributed by atoms with van der Waals surface area (Å²) in [6, 6.07) is 19.8. The molecule has 0 radical (unpaired) electrons. The lowest BCUT2D eigenvalue weighted by Gasteiger charge is -2.09. The Labute approximate surface area is 174 Å². The van der Waals surface area contributed by atoms with E-state index in [4.69, 9.17) is 0 Å². The molecule has 0 saturated carbocycles. The largest absolute Gasteiger partial charge is 0.264 e. The highest BCUT2D eigenvalue weighted by atomic mass is 32.2. The summed E-state index contributed by atoms with van der Waals surface area (Å²) in [6.45, 7) is 0.137. The zero-order valence-electron chi connectivity index (χ0n) is 15.9. The fourth-order valence-corrected chi connectivity index (χ4v) is 4.00. The van der Waals surface area contributed by atoms with Gasteiger partial charge in [0.25, 0.3) is 0 Å². The number of rotatable bonds is 6. The molecule has 30 heavy (non-hydrogen) atoms. The number of pyridine rings is 2. The van der Waals surface area contributed by atoms with Crippen molar-refractivity contribution in [3.8, 4) is 22.4 Å². The molecule has 0 saturated heterocycles. The van der Waals surface area contributed by atoms with E-state index in [9.17, 15) is 12.8 Å². The highest BCUT2D eigenvalue weighted by Gasteiger charge is 2.14. The second-order valence-corrected chi connectivity index (χ2v) is 8.41. The molecule has 2 heterocycles. The van der Waals surface area contributed by atoms with E-state index >= 15 is 0 Å². The molecular weight excluding hydrogens is 401 g/mol. The molecule has 0 amide bonds. The van der Waals surface area contributed by atoms with Crippen LogP contribution >= 0.6 is 0 Å². The van der Waals surface area contributed by atoms with E-state index in [0.29, 0.717) is 0 Å². The minimum atomic E-state index is -3.68. The van der Waals surface area contributed by atoms with Gasteiger partial charge >= 0.3 is 0 Å². The Kier molecular flexibility index (Phi) is 5.65. The molecule has 0 spiro atoms. The molecule has 0 fully saturated rings. The predicted molar refractivity (Wildman–Crippen MR) is 113 cm³/mol. The number of aromatic nitrogens is 2. The number of sulfonamides is 1. The van der Waals surface area contributed by atoms with E-state index in [1.807, 2.05) is 18.2 Å². The van der Waals surface area contributed by atoms with Gasteiger partial charge in [0.05, 0.1) is 10.6 Å². The number of nitrogens with zero attached hydrogens (tertiary/aromatic N) is 2. The van der Waals surface area contributed by atoms with E-state index in [1.54, 1.807) is 48.9 Å². The average molecular weight is 419 g/mol. The molecule has 0 aliphatic carbocycles. The maximum atomic E-state index is 13.1. The summed E-state index contributed by atoms with van der Waals surface area (Å²) in [5.41, 5.74) is 4.00. The molecule has 0 aliphatic heterocycles. The van der Waals surface area contributed by atoms with Gasteiger partial charge in [-0.1, -0.05) is 24.3 Å². The summed E-state index contributed by atoms with van der Waals surface area (Å²) in [5, 5.41) is 0. The monoisotopic (exact) mass is 419 g/mol. The Morgan fingerprint density at radius 2 is 1.53 bits per heavy atom. The second kappa shape index (κ2) is 8.52. The predicted octanol–water partition coefficient (Wildman–Crippen LogP) is 4.43. The fourth-order valence-electron chi connectivity index (χ4n) is 2.99. The molecule has 4 aromatic rings.